The molecule has 0 radical (unpaired) electrons. The van der Waals surface area contributed by atoms with Gasteiger partial charge in [-0.05, 0) is 25.0 Å². The maximum atomic E-state index is 14.0. The highest BCUT2D eigenvalue weighted by atomic mass is 19.1. The number of pyridine rings is 1. The zero-order chi connectivity index (χ0) is 19.2. The van der Waals surface area contributed by atoms with Crippen LogP contribution < -0.4 is 5.43 Å². The van der Waals surface area contributed by atoms with Gasteiger partial charge in [-0.15, -0.1) is 0 Å². The predicted molar refractivity (Wildman–Crippen MR) is 96.1 cm³/mol. The van der Waals surface area contributed by atoms with E-state index in [0.29, 0.717) is 38.9 Å². The van der Waals surface area contributed by atoms with Crippen molar-refractivity contribution in [2.75, 3.05) is 26.7 Å². The molecule has 1 aromatic heterocycles. The van der Waals surface area contributed by atoms with Crippen LogP contribution in [-0.2, 0) is 4.74 Å². The number of fused-ring (bicyclic) bond motifs is 1. The molecule has 2 saturated heterocycles. The van der Waals surface area contributed by atoms with Crippen LogP contribution in [0.4, 0.5) is 9.18 Å². The van der Waals surface area contributed by atoms with E-state index < -0.39 is 16.8 Å². The number of H-pyrrole nitrogens is 1. The van der Waals surface area contributed by atoms with Gasteiger partial charge in [-0.1, -0.05) is 6.07 Å². The van der Waals surface area contributed by atoms with Crippen molar-refractivity contribution in [1.29, 1.82) is 0 Å². The van der Waals surface area contributed by atoms with Crippen LogP contribution in [0.3, 0.4) is 0 Å². The van der Waals surface area contributed by atoms with Crippen LogP contribution in [0.25, 0.3) is 10.9 Å². The molecule has 27 heavy (non-hydrogen) atoms. The number of amides is 2. The van der Waals surface area contributed by atoms with Gasteiger partial charge in [0.15, 0.2) is 5.43 Å². The highest BCUT2D eigenvalue weighted by Gasteiger charge is 2.44. The fourth-order valence-electron chi connectivity index (χ4n) is 3.94. The Labute approximate surface area is 154 Å². The van der Waals surface area contributed by atoms with Crippen LogP contribution in [0.1, 0.15) is 29.8 Å². The molecule has 2 aliphatic rings. The Bertz CT molecular complexity index is 989. The fourth-order valence-corrected chi connectivity index (χ4v) is 3.94. The number of nitrogens with zero attached hydrogens (tertiary/aromatic N) is 2. The predicted octanol–water partition coefficient (Wildman–Crippen LogP) is 2.11. The molecule has 2 fully saturated rings. The van der Waals surface area contributed by atoms with Gasteiger partial charge in [0.1, 0.15) is 17.1 Å². The molecule has 142 valence electrons. The number of para-hydroxylation sites is 1. The Balaban J connectivity index is 1.59. The summed E-state index contributed by atoms with van der Waals surface area (Å²) in [7, 11) is 1.69. The number of carbonyl (C=O) groups is 2. The number of carbonyl (C=O) groups excluding carboxylic acids is 2. The van der Waals surface area contributed by atoms with Crippen LogP contribution in [0, 0.1) is 5.82 Å². The number of nitrogens with one attached hydrogen (secondary N) is 1. The summed E-state index contributed by atoms with van der Waals surface area (Å²) < 4.78 is 19.6. The number of aromatic nitrogens is 1. The molecule has 0 unspecified atom stereocenters. The molecule has 0 bridgehead atoms. The molecule has 0 aliphatic carbocycles. The van der Waals surface area contributed by atoms with Crippen LogP contribution in [0.15, 0.2) is 29.1 Å². The zero-order valence-corrected chi connectivity index (χ0v) is 15.0. The number of likely N-dealkylation sites (N-methyl/N-ethyl adjacent to an activating group) is 1. The minimum atomic E-state index is -0.574. The van der Waals surface area contributed by atoms with Crippen molar-refractivity contribution in [3.05, 3.63) is 46.0 Å². The van der Waals surface area contributed by atoms with Crippen LogP contribution in [-0.4, -0.2) is 59.1 Å². The minimum Gasteiger partial charge on any atom is -0.441 e. The van der Waals surface area contributed by atoms with Crippen molar-refractivity contribution >= 4 is 22.9 Å². The normalized spacial score (nSPS) is 23.0. The summed E-state index contributed by atoms with van der Waals surface area (Å²) in [5.41, 5.74) is -0.867. The molecule has 1 aromatic carbocycles. The fraction of sp³-hybridized carbons (Fsp3) is 0.421. The number of ether oxygens (including phenoxy) is 1. The monoisotopic (exact) mass is 373 g/mol. The first-order valence-corrected chi connectivity index (χ1v) is 8.93. The molecule has 8 heteroatoms. The van der Waals surface area contributed by atoms with E-state index in [1.807, 2.05) is 0 Å². The molecule has 1 N–H and O–H groups in total. The first-order valence-electron chi connectivity index (χ1n) is 8.93. The lowest BCUT2D eigenvalue weighted by Gasteiger charge is -2.25. The summed E-state index contributed by atoms with van der Waals surface area (Å²) in [6.45, 7) is 1.39. The second kappa shape index (κ2) is 6.37. The minimum absolute atomic E-state index is 0.0333. The van der Waals surface area contributed by atoms with Gasteiger partial charge in [0.05, 0.1) is 12.1 Å². The molecule has 4 rings (SSSR count). The largest absolute Gasteiger partial charge is 0.441 e. The van der Waals surface area contributed by atoms with Gasteiger partial charge < -0.3 is 19.5 Å². The Morgan fingerprint density at radius 3 is 2.81 bits per heavy atom. The molecule has 0 saturated carbocycles. The second-order valence-electron chi connectivity index (χ2n) is 7.26. The number of hydrogen-bond acceptors (Lipinski definition) is 4. The summed E-state index contributed by atoms with van der Waals surface area (Å²) in [6.07, 6.45) is 1.54. The average molecular weight is 373 g/mol. The van der Waals surface area contributed by atoms with Crippen molar-refractivity contribution in [2.24, 2.45) is 0 Å². The summed E-state index contributed by atoms with van der Waals surface area (Å²) in [4.78, 5) is 42.8. The van der Waals surface area contributed by atoms with Crippen molar-refractivity contribution < 1.29 is 18.7 Å². The van der Waals surface area contributed by atoms with E-state index in [0.717, 1.165) is 0 Å². The molecule has 7 nitrogen and oxygen atoms in total. The maximum Gasteiger partial charge on any atom is 0.410 e. The lowest BCUT2D eigenvalue weighted by molar-refractivity contribution is 0.0438. The SMILES string of the molecule is CN1C[C@]2(CCCN(C(=O)c3cc(=O)c4cccc(F)c4[nH]3)CC2)OC1=O. The van der Waals surface area contributed by atoms with Gasteiger partial charge >= 0.3 is 6.09 Å². The van der Waals surface area contributed by atoms with E-state index in [1.165, 1.54) is 24.3 Å². The third-order valence-electron chi connectivity index (χ3n) is 5.37. The van der Waals surface area contributed by atoms with Crippen molar-refractivity contribution in [2.45, 2.75) is 24.9 Å². The van der Waals surface area contributed by atoms with Crippen molar-refractivity contribution in [3.63, 3.8) is 0 Å². The third-order valence-corrected chi connectivity index (χ3v) is 5.37. The average Bonchev–Trinajstić information content (AvgIpc) is 2.79. The zero-order valence-electron chi connectivity index (χ0n) is 15.0. The molecule has 3 heterocycles. The maximum absolute atomic E-state index is 14.0. The van der Waals surface area contributed by atoms with Gasteiger partial charge in [0.2, 0.25) is 0 Å². The van der Waals surface area contributed by atoms with Crippen molar-refractivity contribution in [3.8, 4) is 0 Å². The van der Waals surface area contributed by atoms with E-state index >= 15 is 0 Å². The number of aromatic amines is 1. The lowest BCUT2D eigenvalue weighted by atomic mass is 9.95. The number of likely N-dealkylation sites (tertiary alicyclic amines) is 1. The summed E-state index contributed by atoms with van der Waals surface area (Å²) in [5, 5.41) is 0.210. The third kappa shape index (κ3) is 3.05. The quantitative estimate of drug-likeness (QED) is 0.830. The molecular formula is C19H20FN3O4. The number of halogens is 1. The second-order valence-corrected chi connectivity index (χ2v) is 7.26. The van der Waals surface area contributed by atoms with Gasteiger partial charge in [0.25, 0.3) is 5.91 Å². The molecular weight excluding hydrogens is 353 g/mol. The first kappa shape index (κ1) is 17.5. The molecule has 2 aliphatic heterocycles. The molecule has 2 aromatic rings. The topological polar surface area (TPSA) is 82.7 Å². The van der Waals surface area contributed by atoms with Crippen LogP contribution >= 0.6 is 0 Å². The van der Waals surface area contributed by atoms with Gasteiger partial charge in [-0.3, -0.25) is 9.59 Å². The Morgan fingerprint density at radius 1 is 1.26 bits per heavy atom. The van der Waals surface area contributed by atoms with E-state index in [4.69, 9.17) is 4.74 Å². The Hall–Kier alpha value is -2.90. The van der Waals surface area contributed by atoms with Crippen LogP contribution in [0.2, 0.25) is 0 Å². The summed E-state index contributed by atoms with van der Waals surface area (Å²) >= 11 is 0. The van der Waals surface area contributed by atoms with Crippen molar-refractivity contribution in [1.82, 2.24) is 14.8 Å². The van der Waals surface area contributed by atoms with E-state index in [1.54, 1.807) is 16.8 Å². The highest BCUT2D eigenvalue weighted by Crippen LogP contribution is 2.32. The Morgan fingerprint density at radius 2 is 2.07 bits per heavy atom. The summed E-state index contributed by atoms with van der Waals surface area (Å²) in [5.74, 6) is -0.929. The van der Waals surface area contributed by atoms with Gasteiger partial charge in [0, 0.05) is 38.0 Å². The summed E-state index contributed by atoms with van der Waals surface area (Å²) in [6, 6.07) is 5.44. The van der Waals surface area contributed by atoms with E-state index in [2.05, 4.69) is 4.98 Å². The van der Waals surface area contributed by atoms with E-state index in [-0.39, 0.29) is 28.6 Å². The highest BCUT2D eigenvalue weighted by molar-refractivity contribution is 5.95. The smallest absolute Gasteiger partial charge is 0.410 e. The Kier molecular flexibility index (Phi) is 4.13. The van der Waals surface area contributed by atoms with E-state index in [9.17, 15) is 18.8 Å². The first-order chi connectivity index (χ1) is 12.9. The molecule has 1 spiro atoms. The standard InChI is InChI=1S/C19H20FN3O4/c1-22-11-19(27-18(22)26)6-3-8-23(9-7-19)17(25)14-10-15(24)12-4-2-5-13(20)16(12)21-14/h2,4-5,10H,3,6-9,11H2,1H3,(H,21,24)/t19-/m1/s1. The molecule has 2 amide bonds. The molecule has 1 atom stereocenters. The number of benzene rings is 1. The number of hydrogen-bond donors (Lipinski definition) is 1. The van der Waals surface area contributed by atoms with Gasteiger partial charge in [-0.2, -0.15) is 0 Å². The lowest BCUT2D eigenvalue weighted by Crippen LogP contribution is -2.37. The van der Waals surface area contributed by atoms with Crippen LogP contribution in [0.5, 0.6) is 0 Å². The number of rotatable bonds is 1. The van der Waals surface area contributed by atoms with Gasteiger partial charge in [-0.25, -0.2) is 9.18 Å².